The minimum absolute atomic E-state index is 0.0521. The summed E-state index contributed by atoms with van der Waals surface area (Å²) in [6.07, 6.45) is 1.59. The molecule has 0 aliphatic carbocycles. The fourth-order valence-electron chi connectivity index (χ4n) is 4.24. The number of allylic oxidation sites excluding steroid dienone is 1. The fourth-order valence-corrected chi connectivity index (χ4v) is 5.39. The van der Waals surface area contributed by atoms with Crippen molar-refractivity contribution in [1.29, 1.82) is 0 Å². The minimum Gasteiger partial charge on any atom is -0.463 e. The monoisotopic (exact) mass is 549 g/mol. The van der Waals surface area contributed by atoms with Crippen LogP contribution in [-0.2, 0) is 9.53 Å². The van der Waals surface area contributed by atoms with Crippen molar-refractivity contribution in [2.75, 3.05) is 6.61 Å². The van der Waals surface area contributed by atoms with Crippen molar-refractivity contribution >= 4 is 40.7 Å². The maximum absolute atomic E-state index is 13.7. The first-order valence-electron chi connectivity index (χ1n) is 11.6. The Hall–Kier alpha value is -4.28. The van der Waals surface area contributed by atoms with Crippen molar-refractivity contribution in [2.45, 2.75) is 19.9 Å². The Morgan fingerprint density at radius 1 is 1.24 bits per heavy atom. The molecule has 0 saturated carbocycles. The molecule has 9 nitrogen and oxygen atoms in total. The van der Waals surface area contributed by atoms with Crippen molar-refractivity contribution < 1.29 is 18.9 Å². The van der Waals surface area contributed by atoms with Gasteiger partial charge in [-0.05, 0) is 43.7 Å². The number of ether oxygens (including phenoxy) is 1. The van der Waals surface area contributed by atoms with Crippen LogP contribution in [-0.4, -0.2) is 22.1 Å². The van der Waals surface area contributed by atoms with Crippen LogP contribution in [0.3, 0.4) is 0 Å². The number of fused-ring (bicyclic) bond motifs is 1. The predicted octanol–water partition coefficient (Wildman–Crippen LogP) is 4.62. The zero-order valence-corrected chi connectivity index (χ0v) is 21.8. The number of rotatable bonds is 6. The molecular weight excluding hydrogens is 530 g/mol. The lowest BCUT2D eigenvalue weighted by atomic mass is 9.96. The third-order valence-electron chi connectivity index (χ3n) is 5.94. The Bertz CT molecular complexity index is 1780. The highest BCUT2D eigenvalue weighted by molar-refractivity contribution is 7.07. The highest BCUT2D eigenvalue weighted by atomic mass is 35.5. The second-order valence-corrected chi connectivity index (χ2v) is 9.81. The van der Waals surface area contributed by atoms with Crippen LogP contribution in [0.2, 0.25) is 5.02 Å². The van der Waals surface area contributed by atoms with Gasteiger partial charge in [0.1, 0.15) is 11.5 Å². The standard InChI is InChI=1S/C27H20ClN3O6S/c1-3-36-26(33)23-15(2)29-27-30(24(23)16-7-9-18(28)10-8-16)25(32)22(38-27)14-20-11-12-21(37-20)17-5-4-6-19(13-17)31(34)35/h4-14,24H,3H2,1-2H3/b22-14+. The molecule has 2 aromatic heterocycles. The third-order valence-corrected chi connectivity index (χ3v) is 7.18. The molecule has 3 heterocycles. The van der Waals surface area contributed by atoms with E-state index in [2.05, 4.69) is 4.99 Å². The number of benzene rings is 2. The zero-order chi connectivity index (χ0) is 27.0. The number of carbonyl (C=O) groups excluding carboxylic acids is 1. The summed E-state index contributed by atoms with van der Waals surface area (Å²) in [6, 6.07) is 15.6. The molecular formula is C27H20ClN3O6S. The molecule has 0 bridgehead atoms. The highest BCUT2D eigenvalue weighted by Crippen LogP contribution is 2.31. The van der Waals surface area contributed by atoms with E-state index in [9.17, 15) is 19.7 Å². The van der Waals surface area contributed by atoms with Gasteiger partial charge in [0.05, 0.1) is 33.4 Å². The molecule has 0 saturated heterocycles. The Labute approximate surface area is 224 Å². The molecule has 11 heteroatoms. The van der Waals surface area contributed by atoms with Crippen LogP contribution in [0.1, 0.15) is 31.2 Å². The Kier molecular flexibility index (Phi) is 6.83. The van der Waals surface area contributed by atoms with Gasteiger partial charge in [0.25, 0.3) is 11.2 Å². The fraction of sp³-hybridized carbons (Fsp3) is 0.148. The average molecular weight is 550 g/mol. The average Bonchev–Trinajstić information content (AvgIpc) is 3.48. The predicted molar refractivity (Wildman–Crippen MR) is 143 cm³/mol. The van der Waals surface area contributed by atoms with Gasteiger partial charge in [-0.1, -0.05) is 47.2 Å². The number of aromatic nitrogens is 1. The normalized spacial score (nSPS) is 15.2. The Morgan fingerprint density at radius 2 is 2.00 bits per heavy atom. The van der Waals surface area contributed by atoms with Crippen molar-refractivity contribution in [3.8, 4) is 11.3 Å². The summed E-state index contributed by atoms with van der Waals surface area (Å²) < 4.78 is 13.0. The Morgan fingerprint density at radius 3 is 2.71 bits per heavy atom. The van der Waals surface area contributed by atoms with Gasteiger partial charge >= 0.3 is 5.97 Å². The van der Waals surface area contributed by atoms with Gasteiger partial charge in [0.15, 0.2) is 4.80 Å². The quantitative estimate of drug-likeness (QED) is 0.197. The largest absolute Gasteiger partial charge is 0.463 e. The van der Waals surface area contributed by atoms with Crippen molar-refractivity contribution in [3.63, 3.8) is 0 Å². The van der Waals surface area contributed by atoms with E-state index in [0.717, 1.165) is 0 Å². The number of nitrogens with zero attached hydrogens (tertiary/aromatic N) is 3. The first-order valence-corrected chi connectivity index (χ1v) is 12.8. The van der Waals surface area contributed by atoms with E-state index in [4.69, 9.17) is 20.8 Å². The van der Waals surface area contributed by atoms with Gasteiger partial charge in [0.2, 0.25) is 0 Å². The molecule has 192 valence electrons. The van der Waals surface area contributed by atoms with Crippen LogP contribution in [0.4, 0.5) is 5.69 Å². The second kappa shape index (κ2) is 10.2. The summed E-state index contributed by atoms with van der Waals surface area (Å²) in [5.74, 6) is 0.268. The molecule has 0 N–H and O–H groups in total. The summed E-state index contributed by atoms with van der Waals surface area (Å²) in [4.78, 5) is 42.2. The molecule has 1 aliphatic heterocycles. The van der Waals surface area contributed by atoms with Crippen LogP contribution in [0.5, 0.6) is 0 Å². The van der Waals surface area contributed by atoms with Gasteiger partial charge in [-0.3, -0.25) is 19.5 Å². The van der Waals surface area contributed by atoms with E-state index in [1.165, 1.54) is 28.0 Å². The molecule has 5 rings (SSSR count). The molecule has 0 spiro atoms. The topological polar surface area (TPSA) is 117 Å². The first kappa shape index (κ1) is 25.4. The van der Waals surface area contributed by atoms with E-state index in [0.29, 0.717) is 42.7 Å². The number of esters is 1. The number of nitro benzene ring substituents is 1. The van der Waals surface area contributed by atoms with Crippen LogP contribution in [0.25, 0.3) is 17.4 Å². The van der Waals surface area contributed by atoms with E-state index < -0.39 is 16.9 Å². The maximum atomic E-state index is 13.7. The van der Waals surface area contributed by atoms with Crippen LogP contribution < -0.4 is 14.9 Å². The summed E-state index contributed by atoms with van der Waals surface area (Å²) in [5.41, 5.74) is 1.56. The molecule has 0 amide bonds. The van der Waals surface area contributed by atoms with Gasteiger partial charge < -0.3 is 9.15 Å². The van der Waals surface area contributed by atoms with Crippen molar-refractivity contribution in [2.24, 2.45) is 4.99 Å². The molecule has 1 aliphatic rings. The number of nitro groups is 1. The molecule has 1 atom stereocenters. The summed E-state index contributed by atoms with van der Waals surface area (Å²) >= 11 is 7.25. The Balaban J connectivity index is 1.61. The van der Waals surface area contributed by atoms with Crippen molar-refractivity contribution in [1.82, 2.24) is 4.57 Å². The smallest absolute Gasteiger partial charge is 0.338 e. The third kappa shape index (κ3) is 4.71. The summed E-state index contributed by atoms with van der Waals surface area (Å²) in [6.45, 7) is 3.61. The second-order valence-electron chi connectivity index (χ2n) is 8.36. The molecule has 4 aromatic rings. The summed E-state index contributed by atoms with van der Waals surface area (Å²) in [5, 5.41) is 11.6. The molecule has 1 unspecified atom stereocenters. The first-order chi connectivity index (χ1) is 18.3. The van der Waals surface area contributed by atoms with E-state index in [-0.39, 0.29) is 23.4 Å². The number of furan rings is 1. The van der Waals surface area contributed by atoms with Crippen molar-refractivity contribution in [3.05, 3.63) is 118 Å². The molecule has 38 heavy (non-hydrogen) atoms. The van der Waals surface area contributed by atoms with E-state index in [1.807, 2.05) is 0 Å². The van der Waals surface area contributed by atoms with Gasteiger partial charge in [-0.15, -0.1) is 0 Å². The van der Waals surface area contributed by atoms with Gasteiger partial charge in [-0.25, -0.2) is 9.79 Å². The lowest BCUT2D eigenvalue weighted by molar-refractivity contribution is -0.384. The highest BCUT2D eigenvalue weighted by Gasteiger charge is 2.33. The lowest BCUT2D eigenvalue weighted by Crippen LogP contribution is -2.39. The summed E-state index contributed by atoms with van der Waals surface area (Å²) in [7, 11) is 0. The van der Waals surface area contributed by atoms with E-state index >= 15 is 0 Å². The number of hydrogen-bond acceptors (Lipinski definition) is 8. The molecule has 2 aromatic carbocycles. The number of hydrogen-bond donors (Lipinski definition) is 0. The zero-order valence-electron chi connectivity index (χ0n) is 20.2. The minimum atomic E-state index is -0.748. The molecule has 0 fully saturated rings. The van der Waals surface area contributed by atoms with E-state index in [1.54, 1.807) is 68.5 Å². The number of carbonyl (C=O) groups is 1. The van der Waals surface area contributed by atoms with Gasteiger partial charge in [0, 0.05) is 28.8 Å². The SMILES string of the molecule is CCOC(=O)C1=C(C)N=c2s/c(=C/c3ccc(-c4cccc([N+](=O)[O-])c4)o3)c(=O)n2C1c1ccc(Cl)cc1. The van der Waals surface area contributed by atoms with Gasteiger partial charge in [-0.2, -0.15) is 0 Å². The number of non-ortho nitro benzene ring substituents is 1. The molecule has 0 radical (unpaired) electrons. The number of thiazole rings is 1. The maximum Gasteiger partial charge on any atom is 0.338 e. The number of halogens is 1. The van der Waals surface area contributed by atoms with Crippen LogP contribution >= 0.6 is 22.9 Å². The lowest BCUT2D eigenvalue weighted by Gasteiger charge is -2.24. The van der Waals surface area contributed by atoms with Crippen LogP contribution in [0, 0.1) is 10.1 Å². The van der Waals surface area contributed by atoms with Crippen LogP contribution in [0.15, 0.2) is 86.1 Å².